The Labute approximate surface area is 262 Å². The van der Waals surface area contributed by atoms with Gasteiger partial charge in [0.25, 0.3) is 0 Å². The highest BCUT2D eigenvalue weighted by molar-refractivity contribution is 7.90. The van der Waals surface area contributed by atoms with Crippen LogP contribution in [0, 0.1) is 5.82 Å². The van der Waals surface area contributed by atoms with Crippen LogP contribution >= 0.6 is 11.6 Å². The maximum absolute atomic E-state index is 15.3. The van der Waals surface area contributed by atoms with Gasteiger partial charge in [-0.1, -0.05) is 35.9 Å². The Kier molecular flexibility index (Phi) is 9.99. The molecule has 2 aromatic carbocycles. The fraction of sp³-hybridized carbons (Fsp3) is 0.406. The van der Waals surface area contributed by atoms with Crippen molar-refractivity contribution in [1.82, 2.24) is 14.6 Å². The van der Waals surface area contributed by atoms with E-state index in [1.54, 1.807) is 34.8 Å². The van der Waals surface area contributed by atoms with Gasteiger partial charge < -0.3 is 15.4 Å². The smallest absolute Gasteiger partial charge is 0.250 e. The van der Waals surface area contributed by atoms with Crippen LogP contribution in [0.2, 0.25) is 5.02 Å². The Hall–Kier alpha value is -3.38. The van der Waals surface area contributed by atoms with Crippen LogP contribution in [0.4, 0.5) is 10.1 Å². The molecule has 2 fully saturated rings. The van der Waals surface area contributed by atoms with Crippen LogP contribution in [-0.4, -0.2) is 73.9 Å². The molecular weight excluding hydrogens is 605 g/mol. The van der Waals surface area contributed by atoms with Gasteiger partial charge in [-0.05, 0) is 74.7 Å². The predicted molar refractivity (Wildman–Crippen MR) is 171 cm³/mol. The summed E-state index contributed by atoms with van der Waals surface area (Å²) in [6.07, 6.45) is 3.60. The lowest BCUT2D eigenvalue weighted by molar-refractivity contribution is -0.117. The zero-order valence-corrected chi connectivity index (χ0v) is 26.3. The molecule has 1 saturated carbocycles. The molecule has 1 saturated heterocycles. The molecule has 4 unspecified atom stereocenters. The molecule has 2 heterocycles. The van der Waals surface area contributed by atoms with E-state index in [4.69, 9.17) is 16.3 Å². The van der Waals surface area contributed by atoms with Crippen LogP contribution in [0.5, 0.6) is 5.88 Å². The lowest BCUT2D eigenvalue weighted by Crippen LogP contribution is -2.59. The molecule has 0 bridgehead atoms. The van der Waals surface area contributed by atoms with Crippen molar-refractivity contribution in [2.24, 2.45) is 4.99 Å². The van der Waals surface area contributed by atoms with E-state index in [9.17, 15) is 13.2 Å². The number of ether oxygens (including phenoxy) is 1. The summed E-state index contributed by atoms with van der Waals surface area (Å²) >= 11 is 6.14. The first-order valence-corrected chi connectivity index (χ1v) is 16.5. The Morgan fingerprint density at radius 1 is 1.18 bits per heavy atom. The fourth-order valence-electron chi connectivity index (χ4n) is 5.94. The molecule has 0 spiro atoms. The van der Waals surface area contributed by atoms with E-state index >= 15 is 4.39 Å². The van der Waals surface area contributed by atoms with Gasteiger partial charge in [0, 0.05) is 59.6 Å². The Balaban J connectivity index is 1.40. The SMILES string of the molecule is C=NC(C(=O)Nc1cccc(F)c1CCC1CNCC(C)N1S(=O)(=O)C1CC1)C(c1ccc(Cl)cc1)c1ccc(OC)nc1. The first-order chi connectivity index (χ1) is 21.1. The molecule has 234 valence electrons. The van der Waals surface area contributed by atoms with Crippen molar-refractivity contribution in [1.29, 1.82) is 0 Å². The molecule has 1 aliphatic carbocycles. The normalized spacial score (nSPS) is 20.5. The number of methoxy groups -OCH3 is 1. The van der Waals surface area contributed by atoms with Crippen LogP contribution in [0.3, 0.4) is 0 Å². The van der Waals surface area contributed by atoms with E-state index in [-0.39, 0.29) is 23.8 Å². The molecule has 0 radical (unpaired) electrons. The van der Waals surface area contributed by atoms with Crippen molar-refractivity contribution in [3.63, 3.8) is 0 Å². The van der Waals surface area contributed by atoms with Crippen LogP contribution in [0.15, 0.2) is 65.8 Å². The zero-order chi connectivity index (χ0) is 31.4. The number of aromatic nitrogens is 1. The van der Waals surface area contributed by atoms with E-state index in [0.717, 1.165) is 5.56 Å². The Morgan fingerprint density at radius 2 is 1.91 bits per heavy atom. The minimum atomic E-state index is -3.43. The number of nitrogens with one attached hydrogen (secondary N) is 2. The second kappa shape index (κ2) is 13.7. The number of benzene rings is 2. The maximum Gasteiger partial charge on any atom is 0.250 e. The van der Waals surface area contributed by atoms with Crippen LogP contribution in [0.25, 0.3) is 0 Å². The highest BCUT2D eigenvalue weighted by Gasteiger charge is 2.45. The highest BCUT2D eigenvalue weighted by atomic mass is 35.5. The second-order valence-electron chi connectivity index (χ2n) is 11.3. The molecule has 5 rings (SSSR count). The van der Waals surface area contributed by atoms with Gasteiger partial charge in [0.05, 0.1) is 12.4 Å². The number of rotatable bonds is 12. The molecule has 2 N–H and O–H groups in total. The molecule has 12 heteroatoms. The predicted octanol–water partition coefficient (Wildman–Crippen LogP) is 4.81. The van der Waals surface area contributed by atoms with Crippen molar-refractivity contribution in [2.75, 3.05) is 25.5 Å². The van der Waals surface area contributed by atoms with Gasteiger partial charge in [0.2, 0.25) is 21.8 Å². The van der Waals surface area contributed by atoms with Crippen LogP contribution in [-0.2, 0) is 21.2 Å². The zero-order valence-electron chi connectivity index (χ0n) is 24.7. The van der Waals surface area contributed by atoms with E-state index in [0.29, 0.717) is 60.1 Å². The maximum atomic E-state index is 15.3. The second-order valence-corrected chi connectivity index (χ2v) is 13.9. The summed E-state index contributed by atoms with van der Waals surface area (Å²) in [4.78, 5) is 22.4. The van der Waals surface area contributed by atoms with Gasteiger partial charge in [-0.2, -0.15) is 4.31 Å². The average Bonchev–Trinajstić information content (AvgIpc) is 3.87. The van der Waals surface area contributed by atoms with Gasteiger partial charge >= 0.3 is 0 Å². The minimum absolute atomic E-state index is 0.198. The van der Waals surface area contributed by atoms with Gasteiger partial charge in [0.1, 0.15) is 11.9 Å². The first kappa shape index (κ1) is 32.0. The summed E-state index contributed by atoms with van der Waals surface area (Å²) in [6, 6.07) is 13.6. The summed E-state index contributed by atoms with van der Waals surface area (Å²) in [5.41, 5.74) is 2.08. The van der Waals surface area contributed by atoms with E-state index in [2.05, 4.69) is 27.3 Å². The molecule has 9 nitrogen and oxygen atoms in total. The van der Waals surface area contributed by atoms with Crippen molar-refractivity contribution >= 4 is 39.9 Å². The van der Waals surface area contributed by atoms with Gasteiger partial charge in [0.15, 0.2) is 0 Å². The molecule has 1 aromatic heterocycles. The number of aliphatic imine (C=N–C) groups is 1. The summed E-state index contributed by atoms with van der Waals surface area (Å²) in [7, 11) is -1.91. The Morgan fingerprint density at radius 3 is 2.55 bits per heavy atom. The summed E-state index contributed by atoms with van der Waals surface area (Å²) in [5, 5.41) is 6.42. The fourth-order valence-corrected chi connectivity index (χ4v) is 8.31. The molecule has 1 aliphatic heterocycles. The number of carbonyl (C=O) groups excluding carboxylic acids is 1. The molecule has 1 amide bonds. The van der Waals surface area contributed by atoms with E-state index in [1.165, 1.54) is 19.2 Å². The summed E-state index contributed by atoms with van der Waals surface area (Å²) < 4.78 is 48.6. The van der Waals surface area contributed by atoms with Crippen LogP contribution in [0.1, 0.15) is 48.8 Å². The number of anilines is 1. The van der Waals surface area contributed by atoms with Crippen molar-refractivity contribution in [3.8, 4) is 5.88 Å². The number of amides is 1. The number of sulfonamides is 1. The van der Waals surface area contributed by atoms with Crippen molar-refractivity contribution in [3.05, 3.63) is 88.3 Å². The third-order valence-electron chi connectivity index (χ3n) is 8.30. The topological polar surface area (TPSA) is 113 Å². The lowest BCUT2D eigenvalue weighted by Gasteiger charge is -2.40. The van der Waals surface area contributed by atoms with E-state index < -0.39 is 33.7 Å². The number of hydrogen-bond acceptors (Lipinski definition) is 7. The molecule has 44 heavy (non-hydrogen) atoms. The molecule has 3 aromatic rings. The average molecular weight is 642 g/mol. The number of pyridine rings is 1. The number of nitrogens with zero attached hydrogens (tertiary/aromatic N) is 3. The summed E-state index contributed by atoms with van der Waals surface area (Å²) in [6.45, 7) is 6.66. The first-order valence-electron chi connectivity index (χ1n) is 14.7. The van der Waals surface area contributed by atoms with Gasteiger partial charge in [-0.15, -0.1) is 0 Å². The molecule has 4 atom stereocenters. The largest absolute Gasteiger partial charge is 0.481 e. The number of hydrogen-bond donors (Lipinski definition) is 2. The third kappa shape index (κ3) is 6.96. The van der Waals surface area contributed by atoms with E-state index in [1.807, 2.05) is 25.1 Å². The number of piperazine rings is 1. The van der Waals surface area contributed by atoms with Crippen molar-refractivity contribution in [2.45, 2.75) is 61.9 Å². The molecular formula is C32H37ClFN5O4S. The van der Waals surface area contributed by atoms with Gasteiger partial charge in [-0.25, -0.2) is 17.8 Å². The number of carbonyl (C=O) groups is 1. The quantitative estimate of drug-likeness (QED) is 0.275. The summed E-state index contributed by atoms with van der Waals surface area (Å²) in [5.74, 6) is -1.11. The minimum Gasteiger partial charge on any atom is -0.481 e. The van der Waals surface area contributed by atoms with Gasteiger partial charge in [-0.3, -0.25) is 9.79 Å². The standard InChI is InChI=1S/C32H37ClFN5O4S/c1-20-17-36-19-24(39(20)44(41,42)25-13-14-25)12-15-26-27(34)5-4-6-28(26)38-32(40)31(35-2)30(21-7-10-23(33)11-8-21)22-9-16-29(43-3)37-18-22/h4-11,16,18,20,24-25,30-31,36H,2,12-15,17,19H2,1,3H3,(H,38,40). The van der Waals surface area contributed by atoms with Crippen LogP contribution < -0.4 is 15.4 Å². The Bertz CT molecular complexity index is 1590. The highest BCUT2D eigenvalue weighted by Crippen LogP contribution is 2.36. The number of halogens is 2. The monoisotopic (exact) mass is 641 g/mol. The van der Waals surface area contributed by atoms with Crippen molar-refractivity contribution < 1.29 is 22.3 Å². The third-order valence-corrected chi connectivity index (χ3v) is 11.1. The molecule has 2 aliphatic rings. The lowest BCUT2D eigenvalue weighted by atomic mass is 9.85.